The maximum atomic E-state index is 13.4. The van der Waals surface area contributed by atoms with Crippen LogP contribution < -0.4 is 5.32 Å². The van der Waals surface area contributed by atoms with Crippen LogP contribution in [0.4, 0.5) is 4.39 Å². The zero-order chi connectivity index (χ0) is 14.4. The maximum absolute atomic E-state index is 13.4. The smallest absolute Gasteiger partial charge is 0.137 e. The Bertz CT molecular complexity index is 542. The fourth-order valence-electron chi connectivity index (χ4n) is 2.17. The Morgan fingerprint density at radius 3 is 2.60 bits per heavy atom. The molecule has 0 heterocycles. The second kappa shape index (κ2) is 7.55. The molecule has 3 heteroatoms. The molecule has 0 aliphatic rings. The lowest BCUT2D eigenvalue weighted by Gasteiger charge is -2.13. The molecule has 0 aliphatic carbocycles. The summed E-state index contributed by atoms with van der Waals surface area (Å²) in [6.07, 6.45) is 1.07. The second-order valence-electron chi connectivity index (χ2n) is 4.99. The monoisotopic (exact) mass is 335 g/mol. The van der Waals surface area contributed by atoms with Gasteiger partial charge in [0.05, 0.1) is 4.47 Å². The van der Waals surface area contributed by atoms with Crippen LogP contribution in [0.15, 0.2) is 53.0 Å². The van der Waals surface area contributed by atoms with Gasteiger partial charge in [-0.3, -0.25) is 0 Å². The Labute approximate surface area is 128 Å². The average Bonchev–Trinajstić information content (AvgIpc) is 2.48. The molecule has 20 heavy (non-hydrogen) atoms. The van der Waals surface area contributed by atoms with Crippen molar-refractivity contribution in [3.8, 4) is 0 Å². The van der Waals surface area contributed by atoms with Crippen molar-refractivity contribution in [3.05, 3.63) is 69.9 Å². The summed E-state index contributed by atoms with van der Waals surface area (Å²) in [6, 6.07) is 15.6. The standard InChI is InChI=1S/C17H19BrFN/c1-13(14-6-3-2-4-7-14)10-11-20-12-15-8-5-9-16(19)17(15)18/h2-9,13,20H,10-12H2,1H3. The molecule has 0 saturated heterocycles. The second-order valence-corrected chi connectivity index (χ2v) is 5.78. The van der Waals surface area contributed by atoms with Gasteiger partial charge in [0.2, 0.25) is 0 Å². The summed E-state index contributed by atoms with van der Waals surface area (Å²) in [6.45, 7) is 3.83. The molecule has 0 aliphatic heterocycles. The van der Waals surface area contributed by atoms with Crippen molar-refractivity contribution in [1.29, 1.82) is 0 Å². The van der Waals surface area contributed by atoms with E-state index in [9.17, 15) is 4.39 Å². The van der Waals surface area contributed by atoms with Crippen LogP contribution >= 0.6 is 15.9 Å². The molecule has 0 fully saturated rings. The third kappa shape index (κ3) is 4.15. The van der Waals surface area contributed by atoms with Crippen LogP contribution in [0.5, 0.6) is 0 Å². The maximum Gasteiger partial charge on any atom is 0.137 e. The van der Waals surface area contributed by atoms with Crippen LogP contribution in [0.2, 0.25) is 0 Å². The number of benzene rings is 2. The van der Waals surface area contributed by atoms with Crippen LogP contribution in [0.3, 0.4) is 0 Å². The van der Waals surface area contributed by atoms with E-state index in [0.29, 0.717) is 16.9 Å². The average molecular weight is 336 g/mol. The van der Waals surface area contributed by atoms with E-state index in [1.165, 1.54) is 11.6 Å². The summed E-state index contributed by atoms with van der Waals surface area (Å²) in [5, 5.41) is 3.37. The fourth-order valence-corrected chi connectivity index (χ4v) is 2.58. The summed E-state index contributed by atoms with van der Waals surface area (Å²) in [7, 11) is 0. The van der Waals surface area contributed by atoms with Gasteiger partial charge >= 0.3 is 0 Å². The van der Waals surface area contributed by atoms with Crippen molar-refractivity contribution in [2.24, 2.45) is 0 Å². The molecule has 0 aromatic heterocycles. The lowest BCUT2D eigenvalue weighted by molar-refractivity contribution is 0.585. The molecule has 1 N–H and O–H groups in total. The lowest BCUT2D eigenvalue weighted by Crippen LogP contribution is -2.17. The summed E-state index contributed by atoms with van der Waals surface area (Å²) in [5.74, 6) is 0.321. The quantitative estimate of drug-likeness (QED) is 0.742. The van der Waals surface area contributed by atoms with Crippen molar-refractivity contribution in [1.82, 2.24) is 5.32 Å². The van der Waals surface area contributed by atoms with Crippen molar-refractivity contribution < 1.29 is 4.39 Å². The predicted octanol–water partition coefficient (Wildman–Crippen LogP) is 4.87. The molecule has 2 rings (SSSR count). The summed E-state index contributed by atoms with van der Waals surface area (Å²) in [4.78, 5) is 0. The zero-order valence-corrected chi connectivity index (χ0v) is 13.2. The Balaban J connectivity index is 1.78. The minimum Gasteiger partial charge on any atom is -0.313 e. The van der Waals surface area contributed by atoms with Gasteiger partial charge in [-0.1, -0.05) is 49.4 Å². The molecule has 0 bridgehead atoms. The third-order valence-electron chi connectivity index (χ3n) is 3.47. The molecule has 2 aromatic rings. The minimum absolute atomic E-state index is 0.207. The van der Waals surface area contributed by atoms with E-state index in [4.69, 9.17) is 0 Å². The third-order valence-corrected chi connectivity index (χ3v) is 4.36. The van der Waals surface area contributed by atoms with E-state index in [1.54, 1.807) is 6.07 Å². The molecule has 1 unspecified atom stereocenters. The molecule has 0 spiro atoms. The highest BCUT2D eigenvalue weighted by Gasteiger charge is 2.06. The molecule has 0 radical (unpaired) electrons. The SMILES string of the molecule is CC(CCNCc1cccc(F)c1Br)c1ccccc1. The Hall–Kier alpha value is -1.19. The highest BCUT2D eigenvalue weighted by molar-refractivity contribution is 9.10. The zero-order valence-electron chi connectivity index (χ0n) is 11.6. The minimum atomic E-state index is -0.207. The van der Waals surface area contributed by atoms with E-state index >= 15 is 0 Å². The Kier molecular flexibility index (Phi) is 5.74. The van der Waals surface area contributed by atoms with Gasteiger partial charge < -0.3 is 5.32 Å². The first-order valence-electron chi connectivity index (χ1n) is 6.87. The highest BCUT2D eigenvalue weighted by Crippen LogP contribution is 2.21. The van der Waals surface area contributed by atoms with Crippen molar-refractivity contribution in [3.63, 3.8) is 0 Å². The van der Waals surface area contributed by atoms with E-state index < -0.39 is 0 Å². The molecule has 0 saturated carbocycles. The molecule has 1 nitrogen and oxygen atoms in total. The van der Waals surface area contributed by atoms with Crippen molar-refractivity contribution in [2.45, 2.75) is 25.8 Å². The normalized spacial score (nSPS) is 12.3. The number of nitrogens with one attached hydrogen (secondary N) is 1. The van der Waals surface area contributed by atoms with Gasteiger partial charge in [-0.25, -0.2) is 4.39 Å². The van der Waals surface area contributed by atoms with Gasteiger partial charge in [0.25, 0.3) is 0 Å². The van der Waals surface area contributed by atoms with Crippen LogP contribution in [0, 0.1) is 5.82 Å². The first kappa shape index (κ1) is 15.2. The van der Waals surface area contributed by atoms with Gasteiger partial charge in [-0.05, 0) is 52.0 Å². The van der Waals surface area contributed by atoms with E-state index in [2.05, 4.69) is 52.4 Å². The summed E-state index contributed by atoms with van der Waals surface area (Å²) >= 11 is 3.28. The number of hydrogen-bond donors (Lipinski definition) is 1. The topological polar surface area (TPSA) is 12.0 Å². The van der Waals surface area contributed by atoms with Crippen LogP contribution in [-0.4, -0.2) is 6.54 Å². The highest BCUT2D eigenvalue weighted by atomic mass is 79.9. The van der Waals surface area contributed by atoms with Gasteiger partial charge in [0.15, 0.2) is 0 Å². The fraction of sp³-hybridized carbons (Fsp3) is 0.294. The van der Waals surface area contributed by atoms with E-state index in [0.717, 1.165) is 18.5 Å². The molecule has 2 aromatic carbocycles. The number of halogens is 2. The van der Waals surface area contributed by atoms with Gasteiger partial charge in [0.1, 0.15) is 5.82 Å². The van der Waals surface area contributed by atoms with Crippen LogP contribution in [-0.2, 0) is 6.54 Å². The van der Waals surface area contributed by atoms with Crippen LogP contribution in [0.1, 0.15) is 30.4 Å². The van der Waals surface area contributed by atoms with E-state index in [1.807, 2.05) is 12.1 Å². The largest absolute Gasteiger partial charge is 0.313 e. The van der Waals surface area contributed by atoms with E-state index in [-0.39, 0.29) is 5.82 Å². The molecule has 106 valence electrons. The number of rotatable bonds is 6. The predicted molar refractivity (Wildman–Crippen MR) is 85.3 cm³/mol. The van der Waals surface area contributed by atoms with Gasteiger partial charge in [-0.2, -0.15) is 0 Å². The number of hydrogen-bond acceptors (Lipinski definition) is 1. The Morgan fingerprint density at radius 1 is 1.10 bits per heavy atom. The summed E-state index contributed by atoms with van der Waals surface area (Å²) < 4.78 is 13.9. The van der Waals surface area contributed by atoms with Gasteiger partial charge in [-0.15, -0.1) is 0 Å². The Morgan fingerprint density at radius 2 is 1.85 bits per heavy atom. The van der Waals surface area contributed by atoms with Crippen molar-refractivity contribution >= 4 is 15.9 Å². The van der Waals surface area contributed by atoms with Crippen LogP contribution in [0.25, 0.3) is 0 Å². The molecular weight excluding hydrogens is 317 g/mol. The lowest BCUT2D eigenvalue weighted by atomic mass is 9.98. The first-order valence-corrected chi connectivity index (χ1v) is 7.66. The van der Waals surface area contributed by atoms with Crippen molar-refractivity contribution in [2.75, 3.05) is 6.54 Å². The summed E-state index contributed by atoms with van der Waals surface area (Å²) in [5.41, 5.74) is 2.32. The first-order chi connectivity index (χ1) is 9.68. The molecular formula is C17H19BrFN. The molecule has 0 amide bonds. The molecule has 1 atom stereocenters. The van der Waals surface area contributed by atoms with Gasteiger partial charge in [0, 0.05) is 6.54 Å².